The van der Waals surface area contributed by atoms with Gasteiger partial charge in [-0.1, -0.05) is 31.3 Å². The Hall–Kier alpha value is -2.95. The number of nitrogens with one attached hydrogen (secondary N) is 2. The van der Waals surface area contributed by atoms with Crippen molar-refractivity contribution < 1.29 is 9.26 Å². The van der Waals surface area contributed by atoms with Crippen molar-refractivity contribution in [3.63, 3.8) is 0 Å². The molecule has 7 rings (SSSR count). The van der Waals surface area contributed by atoms with E-state index < -0.39 is 5.76 Å². The van der Waals surface area contributed by atoms with Crippen molar-refractivity contribution in [1.82, 2.24) is 29.7 Å². The van der Waals surface area contributed by atoms with Crippen LogP contribution < -0.4 is 16.0 Å². The van der Waals surface area contributed by atoms with E-state index in [2.05, 4.69) is 38.8 Å². The standard InChI is InChI=1S/C26H36N8O3/c1-14-6-8-16(9-7-14)13-34-20-21(27-15(2)17-4-3-5-17)28-23(24-31-26(35)37-32-24)29-22(20)30-25(34)33-10-11-36-19-12-18(19)33/h14-19H,3-13H2,1-2H3,(H,27,28,29)(H,31,32,35). The van der Waals surface area contributed by atoms with Crippen LogP contribution in [-0.2, 0) is 11.3 Å². The molecule has 3 unspecified atom stereocenters. The van der Waals surface area contributed by atoms with Gasteiger partial charge in [-0.15, -0.1) is 0 Å². The van der Waals surface area contributed by atoms with E-state index in [1.165, 1.54) is 44.9 Å². The highest BCUT2D eigenvalue weighted by Crippen LogP contribution is 2.41. The fraction of sp³-hybridized carbons (Fsp3) is 0.731. The van der Waals surface area contributed by atoms with Crippen LogP contribution in [-0.4, -0.2) is 61.0 Å². The maximum Gasteiger partial charge on any atom is 0.439 e. The number of aromatic amines is 1. The Morgan fingerprint density at radius 1 is 1.14 bits per heavy atom. The molecular formula is C26H36N8O3. The summed E-state index contributed by atoms with van der Waals surface area (Å²) >= 11 is 0. The number of rotatable bonds is 7. The summed E-state index contributed by atoms with van der Waals surface area (Å²) in [4.78, 5) is 31.5. The molecule has 3 saturated carbocycles. The molecule has 0 bridgehead atoms. The van der Waals surface area contributed by atoms with E-state index >= 15 is 0 Å². The van der Waals surface area contributed by atoms with Gasteiger partial charge >= 0.3 is 5.76 Å². The zero-order valence-corrected chi connectivity index (χ0v) is 21.7. The topological polar surface area (TPSA) is 127 Å². The number of imidazole rings is 1. The number of hydrogen-bond acceptors (Lipinski definition) is 9. The first kappa shape index (κ1) is 23.2. The Morgan fingerprint density at radius 3 is 2.70 bits per heavy atom. The summed E-state index contributed by atoms with van der Waals surface area (Å²) in [7, 11) is 0. The predicted molar refractivity (Wildman–Crippen MR) is 138 cm³/mol. The number of fused-ring (bicyclic) bond motifs is 2. The van der Waals surface area contributed by atoms with Gasteiger partial charge in [0, 0.05) is 19.1 Å². The Morgan fingerprint density at radius 2 is 1.97 bits per heavy atom. The second kappa shape index (κ2) is 9.11. The largest absolute Gasteiger partial charge is 0.439 e. The lowest BCUT2D eigenvalue weighted by atomic mass is 9.80. The van der Waals surface area contributed by atoms with E-state index in [1.54, 1.807) is 0 Å². The minimum Gasteiger partial charge on any atom is -0.374 e. The van der Waals surface area contributed by atoms with Gasteiger partial charge in [-0.25, -0.2) is 14.8 Å². The van der Waals surface area contributed by atoms with E-state index in [4.69, 9.17) is 24.2 Å². The average molecular weight is 509 g/mol. The first-order valence-electron chi connectivity index (χ1n) is 14.0. The van der Waals surface area contributed by atoms with Crippen molar-refractivity contribution in [2.45, 2.75) is 89.9 Å². The molecule has 11 heteroatoms. The van der Waals surface area contributed by atoms with Gasteiger partial charge in [0.15, 0.2) is 11.5 Å². The third-order valence-electron chi connectivity index (χ3n) is 9.05. The smallest absolute Gasteiger partial charge is 0.374 e. The lowest BCUT2D eigenvalue weighted by Gasteiger charge is -2.33. The molecule has 1 aliphatic heterocycles. The molecular weight excluding hydrogens is 472 g/mol. The fourth-order valence-corrected chi connectivity index (χ4v) is 6.38. The first-order valence-corrected chi connectivity index (χ1v) is 14.0. The molecule has 4 aliphatic rings. The average Bonchev–Trinajstić information content (AvgIpc) is 3.39. The van der Waals surface area contributed by atoms with Gasteiger partial charge < -0.3 is 19.5 Å². The number of anilines is 2. The van der Waals surface area contributed by atoms with E-state index in [9.17, 15) is 4.79 Å². The van der Waals surface area contributed by atoms with Gasteiger partial charge in [0.25, 0.3) is 0 Å². The van der Waals surface area contributed by atoms with Crippen molar-refractivity contribution in [3.8, 4) is 11.6 Å². The van der Waals surface area contributed by atoms with Crippen molar-refractivity contribution in [2.24, 2.45) is 17.8 Å². The third kappa shape index (κ3) is 4.30. The summed E-state index contributed by atoms with van der Waals surface area (Å²) in [6, 6.07) is 0.648. The molecule has 1 saturated heterocycles. The Labute approximate surface area is 215 Å². The third-order valence-corrected chi connectivity index (χ3v) is 9.05. The van der Waals surface area contributed by atoms with E-state index in [1.807, 2.05) is 0 Å². The molecule has 3 aromatic rings. The normalized spacial score (nSPS) is 28.6. The minimum absolute atomic E-state index is 0.220. The van der Waals surface area contributed by atoms with Gasteiger partial charge in [-0.3, -0.25) is 9.51 Å². The summed E-state index contributed by atoms with van der Waals surface area (Å²) in [6.45, 7) is 7.04. The summed E-state index contributed by atoms with van der Waals surface area (Å²) in [5, 5.41) is 7.58. The zero-order chi connectivity index (χ0) is 25.1. The van der Waals surface area contributed by atoms with Crippen molar-refractivity contribution in [2.75, 3.05) is 23.4 Å². The highest BCUT2D eigenvalue weighted by molar-refractivity contribution is 5.87. The van der Waals surface area contributed by atoms with Crippen LogP contribution in [0.5, 0.6) is 0 Å². The van der Waals surface area contributed by atoms with Crippen LogP contribution in [0.2, 0.25) is 0 Å². The maximum atomic E-state index is 11.7. The maximum absolute atomic E-state index is 11.7. The molecule has 4 fully saturated rings. The second-order valence-corrected chi connectivity index (χ2v) is 11.7. The molecule has 4 heterocycles. The zero-order valence-electron chi connectivity index (χ0n) is 21.7. The molecule has 0 aromatic carbocycles. The number of ether oxygens (including phenoxy) is 1. The molecule has 3 aliphatic carbocycles. The van der Waals surface area contributed by atoms with Crippen LogP contribution in [0, 0.1) is 17.8 Å². The van der Waals surface area contributed by atoms with Gasteiger partial charge in [0.1, 0.15) is 5.52 Å². The van der Waals surface area contributed by atoms with Crippen molar-refractivity contribution in [3.05, 3.63) is 10.6 Å². The highest BCUT2D eigenvalue weighted by atomic mass is 16.5. The molecule has 11 nitrogen and oxygen atoms in total. The van der Waals surface area contributed by atoms with Crippen molar-refractivity contribution >= 4 is 22.9 Å². The van der Waals surface area contributed by atoms with Gasteiger partial charge in [-0.05, 0) is 56.8 Å². The van der Waals surface area contributed by atoms with Crippen LogP contribution in [0.3, 0.4) is 0 Å². The number of aromatic nitrogens is 6. The predicted octanol–water partition coefficient (Wildman–Crippen LogP) is 3.57. The van der Waals surface area contributed by atoms with Gasteiger partial charge in [0.05, 0.1) is 18.8 Å². The highest BCUT2D eigenvalue weighted by Gasteiger charge is 2.47. The number of hydrogen-bond donors (Lipinski definition) is 2. The van der Waals surface area contributed by atoms with Crippen LogP contribution >= 0.6 is 0 Å². The molecule has 37 heavy (non-hydrogen) atoms. The Bertz CT molecular complexity index is 1340. The number of morpholine rings is 1. The monoisotopic (exact) mass is 508 g/mol. The van der Waals surface area contributed by atoms with Crippen LogP contribution in [0.25, 0.3) is 22.8 Å². The number of H-pyrrole nitrogens is 1. The molecule has 3 atom stereocenters. The summed E-state index contributed by atoms with van der Waals surface area (Å²) in [6.07, 6.45) is 10.1. The second-order valence-electron chi connectivity index (χ2n) is 11.7. The van der Waals surface area contributed by atoms with E-state index in [-0.39, 0.29) is 11.9 Å². The van der Waals surface area contributed by atoms with Crippen LogP contribution in [0.15, 0.2) is 9.32 Å². The Balaban J connectivity index is 1.35. The lowest BCUT2D eigenvalue weighted by Crippen LogP contribution is -2.38. The van der Waals surface area contributed by atoms with Crippen LogP contribution in [0.4, 0.5) is 11.8 Å². The minimum atomic E-state index is -0.623. The molecule has 198 valence electrons. The van der Waals surface area contributed by atoms with E-state index in [0.717, 1.165) is 42.7 Å². The fourth-order valence-electron chi connectivity index (χ4n) is 6.38. The first-order chi connectivity index (χ1) is 18.0. The van der Waals surface area contributed by atoms with E-state index in [0.29, 0.717) is 42.1 Å². The number of nitrogens with zero attached hydrogens (tertiary/aromatic N) is 6. The molecule has 0 radical (unpaired) electrons. The molecule has 3 aromatic heterocycles. The molecule has 0 spiro atoms. The lowest BCUT2D eigenvalue weighted by molar-refractivity contribution is 0.102. The Kier molecular flexibility index (Phi) is 5.71. The quantitative estimate of drug-likeness (QED) is 0.492. The summed E-state index contributed by atoms with van der Waals surface area (Å²) in [5.41, 5.74) is 1.57. The summed E-state index contributed by atoms with van der Waals surface area (Å²) in [5.74, 6) is 3.66. The van der Waals surface area contributed by atoms with Crippen molar-refractivity contribution in [1.29, 1.82) is 0 Å². The van der Waals surface area contributed by atoms with Gasteiger partial charge in [0.2, 0.25) is 17.6 Å². The molecule has 0 amide bonds. The van der Waals surface area contributed by atoms with Crippen LogP contribution in [0.1, 0.15) is 65.2 Å². The SMILES string of the molecule is CC1CCC(Cn2c(N3CCOC4CC43)nc3nc(-c4noc(=O)[nH]4)nc(NC(C)C4CCC4)c32)CC1. The van der Waals surface area contributed by atoms with Gasteiger partial charge in [-0.2, -0.15) is 4.98 Å². The molecule has 2 N–H and O–H groups in total. The summed E-state index contributed by atoms with van der Waals surface area (Å²) < 4.78 is 13.0.